The van der Waals surface area contributed by atoms with Crippen LogP contribution in [0.4, 0.5) is 0 Å². The molecule has 0 spiro atoms. The first-order valence-corrected chi connectivity index (χ1v) is 12.0. The molecule has 1 aromatic heterocycles. The molecule has 1 aromatic carbocycles. The van der Waals surface area contributed by atoms with Crippen molar-refractivity contribution >= 4 is 5.97 Å². The van der Waals surface area contributed by atoms with Gasteiger partial charge < -0.3 is 9.84 Å². The number of hydrogen-bond acceptors (Lipinski definition) is 3. The summed E-state index contributed by atoms with van der Waals surface area (Å²) in [5, 5.41) is 9.89. The van der Waals surface area contributed by atoms with Gasteiger partial charge in [-0.2, -0.15) is 0 Å². The molecule has 0 saturated heterocycles. The topological polar surface area (TPSA) is 50.4 Å². The Kier molecular flexibility index (Phi) is 5.27. The van der Waals surface area contributed by atoms with E-state index in [0.717, 1.165) is 45.1 Å². The first-order valence-electron chi connectivity index (χ1n) is 12.0. The van der Waals surface area contributed by atoms with Crippen molar-refractivity contribution in [1.82, 2.24) is 0 Å². The summed E-state index contributed by atoms with van der Waals surface area (Å²) in [7, 11) is 0. The van der Waals surface area contributed by atoms with Gasteiger partial charge in [-0.1, -0.05) is 19.9 Å². The van der Waals surface area contributed by atoms with Crippen molar-refractivity contribution < 1.29 is 19.2 Å². The zero-order valence-electron chi connectivity index (χ0n) is 18.7. The number of aromatic hydroxyl groups is 1. The Morgan fingerprint density at radius 1 is 1.23 bits per heavy atom. The minimum absolute atomic E-state index is 0.00648. The van der Waals surface area contributed by atoms with Gasteiger partial charge in [-0.25, -0.2) is 9.36 Å². The summed E-state index contributed by atoms with van der Waals surface area (Å²) in [5.74, 6) is 2.05. The number of fused-ring (bicyclic) bond motifs is 5. The Bertz CT molecular complexity index is 986. The van der Waals surface area contributed by atoms with E-state index in [4.69, 9.17) is 4.74 Å². The number of phenols is 1. The molecule has 0 radical (unpaired) electrons. The number of benzene rings is 1. The predicted molar refractivity (Wildman–Crippen MR) is 119 cm³/mol. The second-order valence-corrected chi connectivity index (χ2v) is 10.1. The van der Waals surface area contributed by atoms with Gasteiger partial charge in [0.2, 0.25) is 0 Å². The Morgan fingerprint density at radius 2 is 2.10 bits per heavy atom. The second kappa shape index (κ2) is 7.96. The maximum Gasteiger partial charge on any atom is 0.344 e. The molecule has 3 aliphatic rings. The summed E-state index contributed by atoms with van der Waals surface area (Å²) < 4.78 is 8.25. The second-order valence-electron chi connectivity index (χ2n) is 10.1. The Hall–Kier alpha value is -2.36. The number of ether oxygens (including phenoxy) is 1. The van der Waals surface area contributed by atoms with Gasteiger partial charge >= 0.3 is 5.97 Å². The number of aryl methyl sites for hydroxylation is 2. The highest BCUT2D eigenvalue weighted by atomic mass is 16.5. The van der Waals surface area contributed by atoms with Gasteiger partial charge in [0.1, 0.15) is 24.0 Å². The van der Waals surface area contributed by atoms with Crippen LogP contribution in [-0.2, 0) is 17.7 Å². The fourth-order valence-corrected chi connectivity index (χ4v) is 6.95. The molecule has 2 aromatic rings. The zero-order valence-corrected chi connectivity index (χ0v) is 18.7. The molecule has 4 heteroatoms. The third kappa shape index (κ3) is 3.54. The Labute approximate surface area is 185 Å². The van der Waals surface area contributed by atoms with E-state index >= 15 is 0 Å². The average molecular weight is 421 g/mol. The highest BCUT2D eigenvalue weighted by Gasteiger charge is 2.56. The molecule has 1 N–H and O–H groups in total. The summed E-state index contributed by atoms with van der Waals surface area (Å²) >= 11 is 0. The highest BCUT2D eigenvalue weighted by Crippen LogP contribution is 2.61. The molecule has 2 fully saturated rings. The van der Waals surface area contributed by atoms with Crippen molar-refractivity contribution in [3.63, 3.8) is 0 Å². The van der Waals surface area contributed by atoms with Crippen molar-refractivity contribution in [2.75, 3.05) is 0 Å². The van der Waals surface area contributed by atoms with Crippen molar-refractivity contribution in [1.29, 1.82) is 0 Å². The van der Waals surface area contributed by atoms with Gasteiger partial charge in [0.05, 0.1) is 0 Å². The number of nitrogens with zero attached hydrogens (tertiary/aromatic N) is 1. The van der Waals surface area contributed by atoms with E-state index in [1.165, 1.54) is 17.5 Å². The molecular weight excluding hydrogens is 386 g/mol. The smallest absolute Gasteiger partial charge is 0.344 e. The molecule has 0 aliphatic heterocycles. The number of hydrogen-bond donors (Lipinski definition) is 1. The molecule has 5 rings (SSSR count). The Morgan fingerprint density at radius 3 is 2.94 bits per heavy atom. The molecule has 0 amide bonds. The summed E-state index contributed by atoms with van der Waals surface area (Å²) in [6.45, 7) is 5.42. The average Bonchev–Trinajstić information content (AvgIpc) is 3.10. The number of esters is 1. The number of carbonyl (C=O) groups excluding carboxylic acids is 1. The molecule has 5 atom stereocenters. The lowest BCUT2D eigenvalue weighted by Crippen LogP contribution is -2.45. The summed E-state index contributed by atoms with van der Waals surface area (Å²) in [6.07, 6.45) is 11.6. The minimum atomic E-state index is -0.177. The van der Waals surface area contributed by atoms with Gasteiger partial charge in [0, 0.05) is 17.9 Å². The van der Waals surface area contributed by atoms with E-state index in [-0.39, 0.29) is 17.5 Å². The van der Waals surface area contributed by atoms with Crippen LogP contribution in [0.15, 0.2) is 42.7 Å². The summed E-state index contributed by atoms with van der Waals surface area (Å²) in [6, 6.07) is 9.77. The molecule has 1 heterocycles. The fraction of sp³-hybridized carbons (Fsp3) is 0.556. The molecule has 4 nitrogen and oxygen atoms in total. The third-order valence-electron chi connectivity index (χ3n) is 8.45. The van der Waals surface area contributed by atoms with Crippen LogP contribution < -0.4 is 4.57 Å². The standard InChI is InChI=1S/C27H33NO3/c1-3-14-28-15-4-5-19(17-28)26(30)31-25-11-10-24-23-8-6-18-16-20(29)7-9-21(18)22(23)12-13-27(24,25)2/h4-5,7,9,15-17,22-25H,3,6,8,10-14H2,1-2H3/p+1/t22-,23-,24+,25+,27+/m1/s1. The van der Waals surface area contributed by atoms with E-state index in [9.17, 15) is 9.90 Å². The van der Waals surface area contributed by atoms with Crippen LogP contribution >= 0.6 is 0 Å². The van der Waals surface area contributed by atoms with Crippen molar-refractivity contribution in [3.05, 3.63) is 59.4 Å². The van der Waals surface area contributed by atoms with Crippen molar-refractivity contribution in [2.24, 2.45) is 17.3 Å². The quantitative estimate of drug-likeness (QED) is 0.548. The lowest BCUT2D eigenvalue weighted by Gasteiger charge is -2.50. The van der Waals surface area contributed by atoms with Crippen LogP contribution in [0.2, 0.25) is 0 Å². The largest absolute Gasteiger partial charge is 0.508 e. The van der Waals surface area contributed by atoms with Crippen LogP contribution in [0, 0.1) is 17.3 Å². The number of pyridine rings is 1. The SMILES string of the molecule is CCC[n+]1cccc(C(=O)O[C@H]2CC[C@H]3[C@@H]4CCc5cc(O)ccc5[C@H]4CC[C@]23C)c1. The highest BCUT2D eigenvalue weighted by molar-refractivity contribution is 5.88. The summed E-state index contributed by atoms with van der Waals surface area (Å²) in [5.41, 5.74) is 3.50. The first kappa shape index (κ1) is 20.5. The van der Waals surface area contributed by atoms with E-state index in [0.29, 0.717) is 29.1 Å². The van der Waals surface area contributed by atoms with Gasteiger partial charge in [0.25, 0.3) is 0 Å². The van der Waals surface area contributed by atoms with Gasteiger partial charge in [-0.05, 0) is 85.6 Å². The maximum atomic E-state index is 13.0. The van der Waals surface area contributed by atoms with Gasteiger partial charge in [0.15, 0.2) is 12.4 Å². The molecular formula is C27H34NO3+. The monoisotopic (exact) mass is 420 g/mol. The number of rotatable bonds is 4. The van der Waals surface area contributed by atoms with E-state index in [2.05, 4.69) is 24.5 Å². The molecule has 164 valence electrons. The lowest BCUT2D eigenvalue weighted by atomic mass is 9.55. The van der Waals surface area contributed by atoms with Gasteiger partial charge in [-0.15, -0.1) is 0 Å². The van der Waals surface area contributed by atoms with Crippen LogP contribution in [-0.4, -0.2) is 17.2 Å². The molecule has 0 unspecified atom stereocenters. The number of phenolic OH excluding ortho intramolecular Hbond substituents is 1. The number of aromatic nitrogens is 1. The van der Waals surface area contributed by atoms with Crippen LogP contribution in [0.1, 0.15) is 79.8 Å². The Balaban J connectivity index is 1.33. The molecule has 31 heavy (non-hydrogen) atoms. The van der Waals surface area contributed by atoms with Gasteiger partial charge in [-0.3, -0.25) is 0 Å². The number of carbonyl (C=O) groups is 1. The van der Waals surface area contributed by atoms with E-state index in [1.54, 1.807) is 0 Å². The fourth-order valence-electron chi connectivity index (χ4n) is 6.95. The molecule has 3 aliphatic carbocycles. The van der Waals surface area contributed by atoms with Crippen LogP contribution in [0.3, 0.4) is 0 Å². The zero-order chi connectivity index (χ0) is 21.6. The normalized spacial score (nSPS) is 31.4. The van der Waals surface area contributed by atoms with Crippen molar-refractivity contribution in [3.8, 4) is 5.75 Å². The molecule has 2 saturated carbocycles. The predicted octanol–water partition coefficient (Wildman–Crippen LogP) is 5.17. The summed E-state index contributed by atoms with van der Waals surface area (Å²) in [4.78, 5) is 13.0. The third-order valence-corrected chi connectivity index (χ3v) is 8.45. The van der Waals surface area contributed by atoms with Crippen molar-refractivity contribution in [2.45, 2.75) is 77.4 Å². The first-order chi connectivity index (χ1) is 15.0. The van der Waals surface area contributed by atoms with Crippen LogP contribution in [0.5, 0.6) is 5.75 Å². The van der Waals surface area contributed by atoms with E-state index in [1.807, 2.05) is 36.7 Å². The minimum Gasteiger partial charge on any atom is -0.508 e. The maximum absolute atomic E-state index is 13.0. The van der Waals surface area contributed by atoms with E-state index < -0.39 is 0 Å². The lowest BCUT2D eigenvalue weighted by molar-refractivity contribution is -0.697. The van der Waals surface area contributed by atoms with Crippen LogP contribution in [0.25, 0.3) is 0 Å². The molecule has 0 bridgehead atoms.